The molecule has 0 bridgehead atoms. The summed E-state index contributed by atoms with van der Waals surface area (Å²) in [6.45, 7) is 0. The molecule has 0 radical (unpaired) electrons. The molecular formula is C14H17NO4S. The number of aromatic nitrogens is 1. The Bertz CT molecular complexity index is 566. The minimum atomic E-state index is -0.444. The zero-order valence-corrected chi connectivity index (χ0v) is 12.7. The van der Waals surface area contributed by atoms with Gasteiger partial charge in [0.2, 0.25) is 6.29 Å². The molecule has 0 N–H and O–H groups in total. The van der Waals surface area contributed by atoms with Gasteiger partial charge in [-0.25, -0.2) is 4.98 Å². The first-order chi connectivity index (χ1) is 9.73. The summed E-state index contributed by atoms with van der Waals surface area (Å²) in [5.74, 6) is 1.37. The second-order valence-corrected chi connectivity index (χ2v) is 4.81. The summed E-state index contributed by atoms with van der Waals surface area (Å²) < 4.78 is 20.9. The van der Waals surface area contributed by atoms with Gasteiger partial charge in [-0.3, -0.25) is 0 Å². The summed E-state index contributed by atoms with van der Waals surface area (Å²) in [6.07, 6.45) is -0.444. The number of nitrogens with zero attached hydrogens (tertiary/aromatic N) is 1. The van der Waals surface area contributed by atoms with E-state index in [4.69, 9.17) is 18.9 Å². The minimum absolute atomic E-state index is 0.444. The third kappa shape index (κ3) is 2.92. The van der Waals surface area contributed by atoms with Gasteiger partial charge in [0.15, 0.2) is 11.5 Å². The molecule has 0 spiro atoms. The molecule has 1 heterocycles. The maximum absolute atomic E-state index is 5.30. The van der Waals surface area contributed by atoms with E-state index >= 15 is 0 Å². The second-order valence-electron chi connectivity index (χ2n) is 3.95. The molecular weight excluding hydrogens is 278 g/mol. The average Bonchev–Trinajstić information content (AvgIpc) is 2.97. The van der Waals surface area contributed by atoms with Crippen LogP contribution in [0.4, 0.5) is 0 Å². The van der Waals surface area contributed by atoms with Crippen molar-refractivity contribution in [3.05, 3.63) is 29.3 Å². The van der Waals surface area contributed by atoms with Gasteiger partial charge in [-0.1, -0.05) is 0 Å². The van der Waals surface area contributed by atoms with Crippen LogP contribution in [0.15, 0.2) is 23.6 Å². The zero-order chi connectivity index (χ0) is 14.5. The highest BCUT2D eigenvalue weighted by atomic mass is 32.1. The van der Waals surface area contributed by atoms with Crippen LogP contribution in [-0.4, -0.2) is 33.4 Å². The van der Waals surface area contributed by atoms with Crippen LogP contribution in [0.25, 0.3) is 10.6 Å². The molecule has 0 aliphatic carbocycles. The van der Waals surface area contributed by atoms with Gasteiger partial charge < -0.3 is 18.9 Å². The van der Waals surface area contributed by atoms with Crippen LogP contribution in [0, 0.1) is 0 Å². The summed E-state index contributed by atoms with van der Waals surface area (Å²) in [5, 5.41) is 2.80. The molecule has 6 heteroatoms. The fraction of sp³-hybridized carbons (Fsp3) is 0.357. The molecule has 0 saturated carbocycles. The Labute approximate surface area is 122 Å². The van der Waals surface area contributed by atoms with Crippen LogP contribution >= 0.6 is 11.3 Å². The van der Waals surface area contributed by atoms with E-state index in [2.05, 4.69) is 4.98 Å². The molecule has 1 aromatic carbocycles. The Kier molecular flexibility index (Phi) is 4.94. The van der Waals surface area contributed by atoms with Gasteiger partial charge >= 0.3 is 0 Å². The van der Waals surface area contributed by atoms with Crippen LogP contribution < -0.4 is 9.47 Å². The lowest BCUT2D eigenvalue weighted by molar-refractivity contribution is -0.108. The van der Waals surface area contributed by atoms with Crippen molar-refractivity contribution < 1.29 is 18.9 Å². The molecule has 1 aromatic heterocycles. The highest BCUT2D eigenvalue weighted by molar-refractivity contribution is 7.13. The first kappa shape index (κ1) is 14.8. The van der Waals surface area contributed by atoms with Gasteiger partial charge in [-0.15, -0.1) is 11.3 Å². The van der Waals surface area contributed by atoms with Crippen molar-refractivity contribution in [2.75, 3.05) is 28.4 Å². The number of benzene rings is 1. The monoisotopic (exact) mass is 295 g/mol. The second kappa shape index (κ2) is 6.69. The van der Waals surface area contributed by atoms with Gasteiger partial charge in [-0.2, -0.15) is 0 Å². The third-order valence-corrected chi connectivity index (χ3v) is 3.73. The Morgan fingerprint density at radius 2 is 1.70 bits per heavy atom. The van der Waals surface area contributed by atoms with Gasteiger partial charge in [0.05, 0.1) is 14.2 Å². The number of methoxy groups -OCH3 is 4. The fourth-order valence-electron chi connectivity index (χ4n) is 1.83. The standard InChI is InChI=1S/C14H17NO4S/c1-16-11-6-5-9(7-12(11)17-2)13-15-10(8-20-13)14(18-3)19-4/h5-8,14H,1-4H3. The molecule has 5 nitrogen and oxygen atoms in total. The number of hydrogen-bond donors (Lipinski definition) is 0. The van der Waals surface area contributed by atoms with E-state index in [1.807, 2.05) is 23.6 Å². The van der Waals surface area contributed by atoms with E-state index in [1.54, 1.807) is 28.4 Å². The highest BCUT2D eigenvalue weighted by Crippen LogP contribution is 2.34. The summed E-state index contributed by atoms with van der Waals surface area (Å²) >= 11 is 1.53. The Hall–Kier alpha value is -1.63. The maximum atomic E-state index is 5.30. The number of rotatable bonds is 6. The minimum Gasteiger partial charge on any atom is -0.493 e. The first-order valence-corrected chi connectivity index (χ1v) is 6.84. The lowest BCUT2D eigenvalue weighted by Gasteiger charge is -2.10. The zero-order valence-electron chi connectivity index (χ0n) is 11.9. The SMILES string of the molecule is COc1ccc(-c2nc(C(OC)OC)cs2)cc1OC. The fourth-order valence-corrected chi connectivity index (χ4v) is 2.65. The summed E-state index contributed by atoms with van der Waals surface area (Å²) in [5.41, 5.74) is 1.72. The summed E-state index contributed by atoms with van der Waals surface area (Å²) in [7, 11) is 6.40. The number of ether oxygens (including phenoxy) is 4. The van der Waals surface area contributed by atoms with Crippen LogP contribution in [-0.2, 0) is 9.47 Å². The number of thiazole rings is 1. The van der Waals surface area contributed by atoms with Gasteiger partial charge in [0.1, 0.15) is 10.7 Å². The van der Waals surface area contributed by atoms with Crippen molar-refractivity contribution in [3.8, 4) is 22.1 Å². The largest absolute Gasteiger partial charge is 0.493 e. The van der Waals surface area contributed by atoms with E-state index in [9.17, 15) is 0 Å². The predicted molar refractivity (Wildman–Crippen MR) is 77.4 cm³/mol. The normalized spacial score (nSPS) is 10.8. The van der Waals surface area contributed by atoms with Gasteiger partial charge in [0, 0.05) is 25.2 Å². The molecule has 0 unspecified atom stereocenters. The van der Waals surface area contributed by atoms with Crippen molar-refractivity contribution >= 4 is 11.3 Å². The molecule has 0 aliphatic rings. The smallest absolute Gasteiger partial charge is 0.201 e. The molecule has 0 saturated heterocycles. The Morgan fingerprint density at radius 1 is 1.00 bits per heavy atom. The average molecular weight is 295 g/mol. The van der Waals surface area contributed by atoms with Gasteiger partial charge in [0.25, 0.3) is 0 Å². The Balaban J connectivity index is 2.32. The van der Waals surface area contributed by atoms with Crippen LogP contribution in [0.2, 0.25) is 0 Å². The van der Waals surface area contributed by atoms with Crippen LogP contribution in [0.1, 0.15) is 12.0 Å². The van der Waals surface area contributed by atoms with Crippen LogP contribution in [0.3, 0.4) is 0 Å². The predicted octanol–water partition coefficient (Wildman–Crippen LogP) is 3.12. The quantitative estimate of drug-likeness (QED) is 0.766. The molecule has 0 atom stereocenters. The van der Waals surface area contributed by atoms with E-state index in [0.29, 0.717) is 11.5 Å². The lowest BCUT2D eigenvalue weighted by atomic mass is 10.2. The molecule has 108 valence electrons. The summed E-state index contributed by atoms with van der Waals surface area (Å²) in [4.78, 5) is 4.53. The molecule has 2 aromatic rings. The summed E-state index contributed by atoms with van der Waals surface area (Å²) in [6, 6.07) is 5.70. The maximum Gasteiger partial charge on any atom is 0.201 e. The Morgan fingerprint density at radius 3 is 2.30 bits per heavy atom. The van der Waals surface area contributed by atoms with E-state index in [-0.39, 0.29) is 0 Å². The molecule has 0 amide bonds. The molecule has 0 aliphatic heterocycles. The van der Waals surface area contributed by atoms with E-state index in [0.717, 1.165) is 16.3 Å². The van der Waals surface area contributed by atoms with E-state index < -0.39 is 6.29 Å². The van der Waals surface area contributed by atoms with Crippen LogP contribution in [0.5, 0.6) is 11.5 Å². The number of hydrogen-bond acceptors (Lipinski definition) is 6. The highest BCUT2D eigenvalue weighted by Gasteiger charge is 2.15. The molecule has 0 fully saturated rings. The van der Waals surface area contributed by atoms with Crippen molar-refractivity contribution in [1.29, 1.82) is 0 Å². The van der Waals surface area contributed by atoms with E-state index in [1.165, 1.54) is 11.3 Å². The lowest BCUT2D eigenvalue weighted by Crippen LogP contribution is -2.03. The van der Waals surface area contributed by atoms with Gasteiger partial charge in [-0.05, 0) is 18.2 Å². The topological polar surface area (TPSA) is 49.8 Å². The van der Waals surface area contributed by atoms with Crippen molar-refractivity contribution in [1.82, 2.24) is 4.98 Å². The first-order valence-electron chi connectivity index (χ1n) is 5.97. The van der Waals surface area contributed by atoms with Crippen molar-refractivity contribution in [2.45, 2.75) is 6.29 Å². The third-order valence-electron chi connectivity index (χ3n) is 2.82. The molecule has 20 heavy (non-hydrogen) atoms. The van der Waals surface area contributed by atoms with Crippen molar-refractivity contribution in [2.24, 2.45) is 0 Å². The van der Waals surface area contributed by atoms with Crippen molar-refractivity contribution in [3.63, 3.8) is 0 Å². The molecule has 2 rings (SSSR count).